The third-order valence-corrected chi connectivity index (χ3v) is 4.89. The lowest BCUT2D eigenvalue weighted by Crippen LogP contribution is -2.39. The second-order valence-electron chi connectivity index (χ2n) is 6.51. The van der Waals surface area contributed by atoms with Gasteiger partial charge in [-0.25, -0.2) is 0 Å². The highest BCUT2D eigenvalue weighted by atomic mass is 79.9. The number of guanidine groups is 1. The third kappa shape index (κ3) is 7.69. The molecule has 3 N–H and O–H groups in total. The fourth-order valence-electron chi connectivity index (χ4n) is 2.79. The summed E-state index contributed by atoms with van der Waals surface area (Å²) in [6, 6.07) is 12.1. The van der Waals surface area contributed by atoms with Crippen LogP contribution in [0.25, 0.3) is 0 Å². The number of rotatable bonds is 9. The number of aliphatic hydroxyl groups excluding tert-OH is 1. The average molecular weight is 433 g/mol. The Kier molecular flexibility index (Phi) is 9.28. The fourth-order valence-corrected chi connectivity index (χ4v) is 3.24. The number of hydrogen-bond acceptors (Lipinski definition) is 3. The lowest BCUT2D eigenvalue weighted by molar-refractivity contribution is 0.180. The molecule has 0 saturated heterocycles. The van der Waals surface area contributed by atoms with E-state index in [-0.39, 0.29) is 0 Å². The number of aliphatic hydroxyl groups is 1. The van der Waals surface area contributed by atoms with Crippen molar-refractivity contribution in [3.05, 3.63) is 64.4 Å². The predicted molar refractivity (Wildman–Crippen MR) is 115 cm³/mol. The molecule has 146 valence electrons. The largest absolute Gasteiger partial charge is 0.387 e. The van der Waals surface area contributed by atoms with E-state index in [1.165, 1.54) is 5.56 Å². The zero-order chi connectivity index (χ0) is 19.5. The van der Waals surface area contributed by atoms with Gasteiger partial charge in [-0.05, 0) is 54.7 Å². The highest BCUT2D eigenvalue weighted by Crippen LogP contribution is 2.17. The first kappa shape index (κ1) is 21.4. The van der Waals surface area contributed by atoms with Gasteiger partial charge in [-0.2, -0.15) is 0 Å². The third-order valence-electron chi connectivity index (χ3n) is 4.40. The number of pyridine rings is 1. The summed E-state index contributed by atoms with van der Waals surface area (Å²) in [6.07, 6.45) is 4.84. The maximum atomic E-state index is 10.3. The molecule has 0 fully saturated rings. The van der Waals surface area contributed by atoms with Gasteiger partial charge in [0.1, 0.15) is 0 Å². The number of aromatic nitrogens is 1. The monoisotopic (exact) mass is 432 g/mol. The molecule has 1 aromatic carbocycles. The Morgan fingerprint density at radius 1 is 1.19 bits per heavy atom. The van der Waals surface area contributed by atoms with E-state index in [0.29, 0.717) is 12.5 Å². The van der Waals surface area contributed by atoms with Crippen molar-refractivity contribution in [3.63, 3.8) is 0 Å². The molecular weight excluding hydrogens is 404 g/mol. The first-order valence-electron chi connectivity index (χ1n) is 9.47. The molecule has 6 heteroatoms. The highest BCUT2D eigenvalue weighted by Gasteiger charge is 2.10. The predicted octanol–water partition coefficient (Wildman–Crippen LogP) is 3.70. The van der Waals surface area contributed by atoms with Crippen LogP contribution < -0.4 is 10.6 Å². The number of nitrogens with zero attached hydrogens (tertiary/aromatic N) is 2. The summed E-state index contributed by atoms with van der Waals surface area (Å²) in [7, 11) is 0. The lowest BCUT2D eigenvalue weighted by atomic mass is 9.97. The lowest BCUT2D eigenvalue weighted by Gasteiger charge is -2.17. The van der Waals surface area contributed by atoms with Crippen molar-refractivity contribution in [1.29, 1.82) is 0 Å². The van der Waals surface area contributed by atoms with Gasteiger partial charge in [-0.15, -0.1) is 0 Å². The Labute approximate surface area is 170 Å². The quantitative estimate of drug-likeness (QED) is 0.417. The van der Waals surface area contributed by atoms with E-state index < -0.39 is 6.10 Å². The van der Waals surface area contributed by atoms with Crippen LogP contribution in [0.4, 0.5) is 0 Å². The van der Waals surface area contributed by atoms with Crippen LogP contribution in [0.3, 0.4) is 0 Å². The summed E-state index contributed by atoms with van der Waals surface area (Å²) in [5.74, 6) is 1.21. The molecule has 0 aliphatic rings. The van der Waals surface area contributed by atoms with Crippen molar-refractivity contribution in [2.24, 2.45) is 10.9 Å². The molecule has 2 unspecified atom stereocenters. The van der Waals surface area contributed by atoms with Crippen LogP contribution in [0, 0.1) is 5.92 Å². The van der Waals surface area contributed by atoms with Crippen LogP contribution >= 0.6 is 15.9 Å². The standard InChI is InChI=1S/C21H29BrN4O/c1-3-16(12-17-6-5-7-19(22)13-17)14-25-21(24-4-2)26-15-20(27)18-8-10-23-11-9-18/h5-11,13,16,20,27H,3-4,12,14-15H2,1-2H3,(H2,24,25,26). The Bertz CT molecular complexity index is 708. The molecule has 2 atom stereocenters. The molecule has 1 heterocycles. The Hall–Kier alpha value is -1.92. The smallest absolute Gasteiger partial charge is 0.191 e. The molecule has 2 aromatic rings. The van der Waals surface area contributed by atoms with Crippen molar-refractivity contribution < 1.29 is 5.11 Å². The first-order chi connectivity index (χ1) is 13.1. The molecule has 2 rings (SSSR count). The summed E-state index contributed by atoms with van der Waals surface area (Å²) in [6.45, 7) is 6.16. The molecule has 5 nitrogen and oxygen atoms in total. The fraction of sp³-hybridized carbons (Fsp3) is 0.429. The minimum absolute atomic E-state index is 0.401. The van der Waals surface area contributed by atoms with Crippen molar-refractivity contribution >= 4 is 21.9 Å². The van der Waals surface area contributed by atoms with Crippen molar-refractivity contribution in [3.8, 4) is 0 Å². The van der Waals surface area contributed by atoms with E-state index in [4.69, 9.17) is 4.99 Å². The topological polar surface area (TPSA) is 69.5 Å². The maximum absolute atomic E-state index is 10.3. The second-order valence-corrected chi connectivity index (χ2v) is 7.42. The molecule has 1 aromatic heterocycles. The Balaban J connectivity index is 1.92. The number of nitrogens with one attached hydrogen (secondary N) is 2. The minimum Gasteiger partial charge on any atom is -0.387 e. The molecule has 0 bridgehead atoms. The van der Waals surface area contributed by atoms with E-state index >= 15 is 0 Å². The summed E-state index contributed by atoms with van der Waals surface area (Å²) >= 11 is 3.53. The molecule has 0 aliphatic heterocycles. The number of benzene rings is 1. The molecule has 0 aliphatic carbocycles. The molecule has 0 amide bonds. The van der Waals surface area contributed by atoms with Crippen LogP contribution in [0.5, 0.6) is 0 Å². The van der Waals surface area contributed by atoms with Crippen molar-refractivity contribution in [1.82, 2.24) is 15.6 Å². The molecular formula is C21H29BrN4O. The van der Waals surface area contributed by atoms with Crippen LogP contribution in [-0.2, 0) is 6.42 Å². The van der Waals surface area contributed by atoms with E-state index in [9.17, 15) is 5.11 Å². The average Bonchev–Trinajstić information content (AvgIpc) is 2.69. The van der Waals surface area contributed by atoms with E-state index in [1.54, 1.807) is 12.4 Å². The van der Waals surface area contributed by atoms with Crippen LogP contribution in [0.15, 0.2) is 58.3 Å². The summed E-state index contributed by atoms with van der Waals surface area (Å²) in [5.41, 5.74) is 2.16. The van der Waals surface area contributed by atoms with Crippen molar-refractivity contribution in [2.45, 2.75) is 32.8 Å². The van der Waals surface area contributed by atoms with Gasteiger partial charge in [0, 0.05) is 36.5 Å². The summed E-state index contributed by atoms with van der Waals surface area (Å²) in [5, 5.41) is 16.8. The van der Waals surface area contributed by atoms with E-state index in [0.717, 1.165) is 41.9 Å². The molecule has 0 saturated carbocycles. The number of halogens is 1. The van der Waals surface area contributed by atoms with Crippen LogP contribution in [0.1, 0.15) is 37.5 Å². The normalized spacial score (nSPS) is 13.9. The minimum atomic E-state index is -0.597. The molecule has 27 heavy (non-hydrogen) atoms. The van der Waals surface area contributed by atoms with Gasteiger partial charge in [-0.1, -0.05) is 41.4 Å². The van der Waals surface area contributed by atoms with E-state index in [2.05, 4.69) is 56.7 Å². The van der Waals surface area contributed by atoms with E-state index in [1.807, 2.05) is 25.1 Å². The van der Waals surface area contributed by atoms with Gasteiger partial charge in [0.25, 0.3) is 0 Å². The first-order valence-corrected chi connectivity index (χ1v) is 10.3. The zero-order valence-corrected chi connectivity index (χ0v) is 17.6. The maximum Gasteiger partial charge on any atom is 0.191 e. The zero-order valence-electron chi connectivity index (χ0n) is 16.0. The van der Waals surface area contributed by atoms with Gasteiger partial charge in [0.05, 0.1) is 6.10 Å². The van der Waals surface area contributed by atoms with Crippen LogP contribution in [0.2, 0.25) is 0 Å². The van der Waals surface area contributed by atoms with Gasteiger partial charge in [-0.3, -0.25) is 9.98 Å². The number of aliphatic imine (C=N–C) groups is 1. The van der Waals surface area contributed by atoms with Gasteiger partial charge >= 0.3 is 0 Å². The Morgan fingerprint density at radius 3 is 2.63 bits per heavy atom. The van der Waals surface area contributed by atoms with Gasteiger partial charge < -0.3 is 15.7 Å². The SMILES string of the molecule is CCNC(=NCC(CC)Cc1cccc(Br)c1)NCC(O)c1ccncc1. The van der Waals surface area contributed by atoms with Crippen LogP contribution in [-0.4, -0.2) is 35.7 Å². The van der Waals surface area contributed by atoms with Crippen molar-refractivity contribution in [2.75, 3.05) is 19.6 Å². The second kappa shape index (κ2) is 11.7. The summed E-state index contributed by atoms with van der Waals surface area (Å²) in [4.78, 5) is 8.71. The van der Waals surface area contributed by atoms with Gasteiger partial charge in [0.2, 0.25) is 0 Å². The molecule has 0 radical (unpaired) electrons. The number of hydrogen-bond donors (Lipinski definition) is 3. The summed E-state index contributed by atoms with van der Waals surface area (Å²) < 4.78 is 1.11. The van der Waals surface area contributed by atoms with Gasteiger partial charge in [0.15, 0.2) is 5.96 Å². The highest BCUT2D eigenvalue weighted by molar-refractivity contribution is 9.10. The molecule has 0 spiro atoms. The Morgan fingerprint density at radius 2 is 1.96 bits per heavy atom.